The molecule has 3 rings (SSSR count). The number of morpholine rings is 1. The van der Waals surface area contributed by atoms with Gasteiger partial charge >= 0.3 is 0 Å². The highest BCUT2D eigenvalue weighted by Crippen LogP contribution is 2.27. The lowest BCUT2D eigenvalue weighted by molar-refractivity contribution is -0.0773. The molecule has 0 spiro atoms. The average molecular weight is 314 g/mol. The predicted molar refractivity (Wildman–Crippen MR) is 82.6 cm³/mol. The van der Waals surface area contributed by atoms with Gasteiger partial charge in [-0.15, -0.1) is 0 Å². The Kier molecular flexibility index (Phi) is 4.69. The van der Waals surface area contributed by atoms with Crippen LogP contribution in [0.1, 0.15) is 25.7 Å². The number of hydrogen-bond donors (Lipinski definition) is 0. The van der Waals surface area contributed by atoms with Crippen molar-refractivity contribution in [2.75, 3.05) is 39.0 Å². The minimum absolute atomic E-state index is 0.00151. The number of piperidine rings is 1. The summed E-state index contributed by atoms with van der Waals surface area (Å²) in [5.41, 5.74) is 0. The molecule has 6 heteroatoms. The Morgan fingerprint density at radius 2 is 2.10 bits per heavy atom. The summed E-state index contributed by atoms with van der Waals surface area (Å²) in [5.74, 6) is 0.725. The minimum Gasteiger partial charge on any atom is -0.375 e. The van der Waals surface area contributed by atoms with E-state index in [1.165, 1.54) is 19.1 Å². The molecule has 2 saturated heterocycles. The third-order valence-corrected chi connectivity index (χ3v) is 6.24. The Morgan fingerprint density at radius 3 is 2.81 bits per heavy atom. The molecule has 0 N–H and O–H groups in total. The van der Waals surface area contributed by atoms with Crippen LogP contribution in [0.2, 0.25) is 0 Å². The van der Waals surface area contributed by atoms with Gasteiger partial charge in [0.05, 0.1) is 25.0 Å². The Morgan fingerprint density at radius 1 is 1.24 bits per heavy atom. The van der Waals surface area contributed by atoms with E-state index in [4.69, 9.17) is 4.74 Å². The van der Waals surface area contributed by atoms with Gasteiger partial charge in [0.2, 0.25) is 10.0 Å². The standard InChI is InChI=1S/C15H26N2O3S/c1-21(18,19)17-9-10-20-15-7-8-16(12-14(15)17)11-13-5-3-2-4-6-13/h2-3,13-15H,4-12H2,1H3/t13?,14-,15-/m0/s1. The van der Waals surface area contributed by atoms with Crippen molar-refractivity contribution in [1.29, 1.82) is 0 Å². The Labute approximate surface area is 128 Å². The zero-order valence-corrected chi connectivity index (χ0v) is 13.6. The molecular weight excluding hydrogens is 288 g/mol. The normalized spacial score (nSPS) is 35.6. The molecule has 2 aliphatic heterocycles. The molecule has 0 aromatic heterocycles. The molecule has 1 aliphatic carbocycles. The van der Waals surface area contributed by atoms with Crippen molar-refractivity contribution in [2.24, 2.45) is 5.92 Å². The second kappa shape index (κ2) is 6.36. The number of rotatable bonds is 3. The summed E-state index contributed by atoms with van der Waals surface area (Å²) in [6.07, 6.45) is 10.5. The first-order chi connectivity index (χ1) is 10.0. The second-order valence-electron chi connectivity index (χ2n) is 6.55. The fraction of sp³-hybridized carbons (Fsp3) is 0.867. The van der Waals surface area contributed by atoms with Gasteiger partial charge in [-0.3, -0.25) is 0 Å². The summed E-state index contributed by atoms with van der Waals surface area (Å²) in [7, 11) is -3.14. The molecule has 0 saturated carbocycles. The molecule has 5 nitrogen and oxygen atoms in total. The highest BCUT2D eigenvalue weighted by atomic mass is 32.2. The number of likely N-dealkylation sites (tertiary alicyclic amines) is 1. The van der Waals surface area contributed by atoms with Crippen LogP contribution >= 0.6 is 0 Å². The lowest BCUT2D eigenvalue weighted by atomic mass is 9.92. The number of nitrogens with zero attached hydrogens (tertiary/aromatic N) is 2. The van der Waals surface area contributed by atoms with Crippen molar-refractivity contribution in [1.82, 2.24) is 9.21 Å². The molecule has 0 aromatic rings. The third kappa shape index (κ3) is 3.67. The van der Waals surface area contributed by atoms with Gasteiger partial charge in [0, 0.05) is 26.2 Å². The van der Waals surface area contributed by atoms with Crippen molar-refractivity contribution in [3.8, 4) is 0 Å². The van der Waals surface area contributed by atoms with Crippen LogP contribution in [0.3, 0.4) is 0 Å². The van der Waals surface area contributed by atoms with Crippen LogP contribution in [-0.2, 0) is 14.8 Å². The molecule has 3 atom stereocenters. The summed E-state index contributed by atoms with van der Waals surface area (Å²) in [5, 5.41) is 0. The highest BCUT2D eigenvalue weighted by Gasteiger charge is 2.41. The van der Waals surface area contributed by atoms with Gasteiger partial charge in [-0.2, -0.15) is 4.31 Å². The Hall–Kier alpha value is -0.430. The van der Waals surface area contributed by atoms with Crippen molar-refractivity contribution >= 4 is 10.0 Å². The van der Waals surface area contributed by atoms with E-state index in [9.17, 15) is 8.42 Å². The summed E-state index contributed by atoms with van der Waals surface area (Å²) in [4.78, 5) is 2.44. The van der Waals surface area contributed by atoms with Crippen LogP contribution in [0, 0.1) is 5.92 Å². The molecule has 3 aliphatic rings. The highest BCUT2D eigenvalue weighted by molar-refractivity contribution is 7.88. The quantitative estimate of drug-likeness (QED) is 0.732. The van der Waals surface area contributed by atoms with Crippen LogP contribution < -0.4 is 0 Å². The fourth-order valence-corrected chi connectivity index (χ4v) is 4.97. The van der Waals surface area contributed by atoms with Crippen molar-refractivity contribution in [2.45, 2.75) is 37.8 Å². The molecule has 0 bridgehead atoms. The van der Waals surface area contributed by atoms with Crippen molar-refractivity contribution in [3.05, 3.63) is 12.2 Å². The van der Waals surface area contributed by atoms with Crippen LogP contribution in [0.5, 0.6) is 0 Å². The number of allylic oxidation sites excluding steroid dienone is 2. The molecule has 2 heterocycles. The summed E-state index contributed by atoms with van der Waals surface area (Å²) < 4.78 is 31.4. The first-order valence-electron chi connectivity index (χ1n) is 8.00. The number of hydrogen-bond acceptors (Lipinski definition) is 4. The van der Waals surface area contributed by atoms with Crippen molar-refractivity contribution in [3.63, 3.8) is 0 Å². The Balaban J connectivity index is 1.64. The molecule has 21 heavy (non-hydrogen) atoms. The van der Waals surface area contributed by atoms with E-state index in [-0.39, 0.29) is 12.1 Å². The minimum atomic E-state index is -3.14. The molecule has 1 unspecified atom stereocenters. The summed E-state index contributed by atoms with van der Waals surface area (Å²) in [6.45, 7) is 3.96. The maximum absolute atomic E-state index is 12.0. The predicted octanol–water partition coefficient (Wildman–Crippen LogP) is 1.08. The van der Waals surface area contributed by atoms with Gasteiger partial charge in [0.25, 0.3) is 0 Å². The van der Waals surface area contributed by atoms with Gasteiger partial charge in [-0.1, -0.05) is 12.2 Å². The van der Waals surface area contributed by atoms with Crippen molar-refractivity contribution < 1.29 is 13.2 Å². The topological polar surface area (TPSA) is 49.9 Å². The maximum atomic E-state index is 12.0. The lowest BCUT2D eigenvalue weighted by Crippen LogP contribution is -2.61. The summed E-state index contributed by atoms with van der Waals surface area (Å²) >= 11 is 0. The van der Waals surface area contributed by atoms with Crippen LogP contribution in [0.25, 0.3) is 0 Å². The van der Waals surface area contributed by atoms with Crippen LogP contribution in [-0.4, -0.2) is 68.8 Å². The van der Waals surface area contributed by atoms with Gasteiger partial charge in [-0.05, 0) is 31.6 Å². The largest absolute Gasteiger partial charge is 0.375 e. The number of ether oxygens (including phenoxy) is 1. The van der Waals surface area contributed by atoms with E-state index in [1.54, 1.807) is 4.31 Å². The molecule has 0 aromatic carbocycles. The molecular formula is C15H26N2O3S. The van der Waals surface area contributed by atoms with E-state index < -0.39 is 10.0 Å². The van der Waals surface area contributed by atoms with Crippen LogP contribution in [0.15, 0.2) is 12.2 Å². The number of fused-ring (bicyclic) bond motifs is 1. The SMILES string of the molecule is CS(=O)(=O)N1CCO[C@H]2CCN(CC3CC=CCC3)C[C@@H]21. The smallest absolute Gasteiger partial charge is 0.211 e. The van der Waals surface area contributed by atoms with Gasteiger partial charge in [0.15, 0.2) is 0 Å². The zero-order valence-electron chi connectivity index (χ0n) is 12.8. The maximum Gasteiger partial charge on any atom is 0.211 e. The molecule has 120 valence electrons. The summed E-state index contributed by atoms with van der Waals surface area (Å²) in [6, 6.07) is 0.00151. The second-order valence-corrected chi connectivity index (χ2v) is 8.48. The monoisotopic (exact) mass is 314 g/mol. The third-order valence-electron chi connectivity index (χ3n) is 4.94. The van der Waals surface area contributed by atoms with E-state index in [0.29, 0.717) is 13.2 Å². The van der Waals surface area contributed by atoms with E-state index in [1.807, 2.05) is 0 Å². The number of sulfonamides is 1. The van der Waals surface area contributed by atoms with E-state index in [2.05, 4.69) is 17.1 Å². The van der Waals surface area contributed by atoms with Gasteiger partial charge in [-0.25, -0.2) is 8.42 Å². The van der Waals surface area contributed by atoms with Crippen LogP contribution in [0.4, 0.5) is 0 Å². The first-order valence-corrected chi connectivity index (χ1v) is 9.84. The zero-order chi connectivity index (χ0) is 14.9. The van der Waals surface area contributed by atoms with Gasteiger partial charge in [0.1, 0.15) is 0 Å². The first kappa shape index (κ1) is 15.5. The van der Waals surface area contributed by atoms with Gasteiger partial charge < -0.3 is 9.64 Å². The molecule has 0 radical (unpaired) electrons. The Bertz CT molecular complexity index is 491. The fourth-order valence-electron chi connectivity index (χ4n) is 3.87. The van der Waals surface area contributed by atoms with E-state index in [0.717, 1.165) is 38.4 Å². The molecule has 2 fully saturated rings. The lowest BCUT2D eigenvalue weighted by Gasteiger charge is -2.46. The molecule has 0 amide bonds. The average Bonchev–Trinajstić information content (AvgIpc) is 2.46. The van der Waals surface area contributed by atoms with E-state index >= 15 is 0 Å².